The van der Waals surface area contributed by atoms with E-state index in [1.807, 2.05) is 13.0 Å². The molecule has 2 heterocycles. The maximum absolute atomic E-state index is 11.6. The number of hydrogen-bond acceptors (Lipinski definition) is 4. The number of carbonyl (C=O) groups is 1. The van der Waals surface area contributed by atoms with E-state index in [-0.39, 0.29) is 5.78 Å². The maximum atomic E-state index is 11.6. The number of hydrogen-bond donors (Lipinski definition) is 0. The first-order chi connectivity index (χ1) is 9.24. The summed E-state index contributed by atoms with van der Waals surface area (Å²) in [6.45, 7) is 1.96. The van der Waals surface area contributed by atoms with E-state index in [1.165, 1.54) is 0 Å². The second kappa shape index (κ2) is 3.57. The Morgan fingerprint density at radius 2 is 1.95 bits per heavy atom. The van der Waals surface area contributed by atoms with Crippen LogP contribution >= 0.6 is 0 Å². The predicted molar refractivity (Wildman–Crippen MR) is 70.4 cm³/mol. The van der Waals surface area contributed by atoms with Crippen molar-refractivity contribution in [2.75, 3.05) is 0 Å². The van der Waals surface area contributed by atoms with Gasteiger partial charge >= 0.3 is 0 Å². The van der Waals surface area contributed by atoms with Crippen molar-refractivity contribution in [2.45, 2.75) is 19.8 Å². The molecule has 0 radical (unpaired) electrons. The van der Waals surface area contributed by atoms with Gasteiger partial charge < -0.3 is 0 Å². The Hall–Kier alpha value is -2.36. The Labute approximate surface area is 108 Å². The summed E-state index contributed by atoms with van der Waals surface area (Å²) in [6.07, 6.45) is 8.85. The van der Waals surface area contributed by atoms with Crippen molar-refractivity contribution in [3.63, 3.8) is 0 Å². The van der Waals surface area contributed by atoms with Crippen LogP contribution < -0.4 is 10.7 Å². The average Bonchev–Trinajstić information content (AvgIpc) is 2.78. The third-order valence-corrected chi connectivity index (χ3v) is 3.72. The van der Waals surface area contributed by atoms with Gasteiger partial charge in [0, 0.05) is 17.7 Å². The molecule has 4 aliphatic rings. The number of carbonyl (C=O) groups excluding carboxylic acids is 1. The summed E-state index contributed by atoms with van der Waals surface area (Å²) >= 11 is 0. The number of allylic oxidation sites excluding steroid dienone is 1. The number of fused-ring (bicyclic) bond motifs is 2. The van der Waals surface area contributed by atoms with Crippen molar-refractivity contribution in [3.05, 3.63) is 44.2 Å². The van der Waals surface area contributed by atoms with E-state index in [2.05, 4.69) is 27.3 Å². The van der Waals surface area contributed by atoms with E-state index >= 15 is 0 Å². The topological polar surface area (TPSA) is 55.7 Å². The summed E-state index contributed by atoms with van der Waals surface area (Å²) in [5.41, 5.74) is 2.88. The summed E-state index contributed by atoms with van der Waals surface area (Å²) in [6, 6.07) is 0. The van der Waals surface area contributed by atoms with Gasteiger partial charge in [-0.25, -0.2) is 0 Å². The number of ketones is 1. The van der Waals surface area contributed by atoms with Gasteiger partial charge in [0.2, 0.25) is 0 Å². The third-order valence-electron chi connectivity index (χ3n) is 3.72. The van der Waals surface area contributed by atoms with Gasteiger partial charge in [-0.3, -0.25) is 9.78 Å². The fraction of sp³-hybridized carbons (Fsp3) is 0.200. The van der Waals surface area contributed by atoms with Gasteiger partial charge in [-0.05, 0) is 31.1 Å². The predicted octanol–water partition coefficient (Wildman–Crippen LogP) is 0.00790. The number of rotatable bonds is 0. The monoisotopic (exact) mass is 249 g/mol. The SMILES string of the molecule is Cc1nc2c3c(nnc=3c3c1CC(=O)C=C3)=CCC=2. The number of aryl methyl sites for hydroxylation is 1. The summed E-state index contributed by atoms with van der Waals surface area (Å²) in [5, 5.41) is 12.2. The molecule has 0 atom stereocenters. The lowest BCUT2D eigenvalue weighted by molar-refractivity contribution is -0.114. The van der Waals surface area contributed by atoms with Crippen LogP contribution in [0.1, 0.15) is 23.2 Å². The Kier molecular flexibility index (Phi) is 1.98. The summed E-state index contributed by atoms with van der Waals surface area (Å²) in [5.74, 6) is 0.114. The highest BCUT2D eigenvalue weighted by Crippen LogP contribution is 2.19. The molecule has 92 valence electrons. The lowest BCUT2D eigenvalue weighted by Crippen LogP contribution is -2.20. The van der Waals surface area contributed by atoms with Gasteiger partial charge in [-0.1, -0.05) is 12.2 Å². The number of nitrogens with zero attached hydrogens (tertiary/aromatic N) is 3. The molecule has 0 aromatic carbocycles. The minimum absolute atomic E-state index is 0.114. The fourth-order valence-electron chi connectivity index (χ4n) is 2.79. The van der Waals surface area contributed by atoms with E-state index in [4.69, 9.17) is 0 Å². The molecule has 0 spiro atoms. The molecule has 4 nitrogen and oxygen atoms in total. The summed E-state index contributed by atoms with van der Waals surface area (Å²) in [7, 11) is 0. The van der Waals surface area contributed by atoms with Crippen molar-refractivity contribution in [1.29, 1.82) is 0 Å². The number of aromatic nitrogens is 3. The van der Waals surface area contributed by atoms with Gasteiger partial charge in [-0.2, -0.15) is 5.10 Å². The zero-order chi connectivity index (χ0) is 13.0. The fourth-order valence-corrected chi connectivity index (χ4v) is 2.79. The van der Waals surface area contributed by atoms with Crippen molar-refractivity contribution in [1.82, 2.24) is 15.2 Å². The quantitative estimate of drug-likeness (QED) is 0.660. The lowest BCUT2D eigenvalue weighted by atomic mass is 9.96. The van der Waals surface area contributed by atoms with Crippen LogP contribution in [0.25, 0.3) is 18.2 Å². The standard InChI is InChI=1S/C15H11N3O/c1-8-11-7-9(19)5-6-10(11)15-14-12(16-8)3-2-4-13(14)17-18-15/h3-6H,2,7H2,1H3. The zero-order valence-corrected chi connectivity index (χ0v) is 10.5. The highest BCUT2D eigenvalue weighted by Gasteiger charge is 2.17. The van der Waals surface area contributed by atoms with Gasteiger partial charge in [0.25, 0.3) is 0 Å². The van der Waals surface area contributed by atoms with Gasteiger partial charge in [0.15, 0.2) is 5.78 Å². The van der Waals surface area contributed by atoms with E-state index in [1.54, 1.807) is 6.08 Å². The van der Waals surface area contributed by atoms with Crippen LogP contribution in [0.4, 0.5) is 0 Å². The maximum Gasteiger partial charge on any atom is 0.160 e. The second-order valence-corrected chi connectivity index (χ2v) is 4.90. The van der Waals surface area contributed by atoms with Gasteiger partial charge in [0.05, 0.1) is 15.9 Å². The largest absolute Gasteiger partial charge is 0.294 e. The molecule has 0 aromatic heterocycles. The molecule has 4 rings (SSSR count). The molecule has 4 heteroatoms. The van der Waals surface area contributed by atoms with E-state index in [9.17, 15) is 4.79 Å². The first-order valence-electron chi connectivity index (χ1n) is 6.31. The molecule has 0 unspecified atom stereocenters. The van der Waals surface area contributed by atoms with Crippen LogP contribution in [0.5, 0.6) is 0 Å². The molecule has 0 fully saturated rings. The molecular formula is C15H11N3O. The van der Waals surface area contributed by atoms with Crippen LogP contribution in [-0.4, -0.2) is 21.0 Å². The van der Waals surface area contributed by atoms with E-state index < -0.39 is 0 Å². The van der Waals surface area contributed by atoms with Crippen molar-refractivity contribution in [2.24, 2.45) is 0 Å². The Balaban J connectivity index is 2.36. The molecule has 0 aromatic rings. The molecule has 19 heavy (non-hydrogen) atoms. The highest BCUT2D eigenvalue weighted by molar-refractivity contribution is 5.98. The Morgan fingerprint density at radius 3 is 2.84 bits per heavy atom. The minimum atomic E-state index is 0.114. The Bertz CT molecular complexity index is 941. The smallest absolute Gasteiger partial charge is 0.160 e. The van der Waals surface area contributed by atoms with Gasteiger partial charge in [0.1, 0.15) is 5.35 Å². The molecular weight excluding hydrogens is 238 g/mol. The summed E-state index contributed by atoms with van der Waals surface area (Å²) in [4.78, 5) is 16.3. The highest BCUT2D eigenvalue weighted by atomic mass is 16.1. The van der Waals surface area contributed by atoms with Crippen LogP contribution in [0, 0.1) is 17.5 Å². The first kappa shape index (κ1) is 10.6. The lowest BCUT2D eigenvalue weighted by Gasteiger charge is -2.07. The normalized spacial score (nSPS) is 15.9. The molecule has 0 saturated carbocycles. The van der Waals surface area contributed by atoms with Gasteiger partial charge in [-0.15, -0.1) is 5.10 Å². The third kappa shape index (κ3) is 1.40. The van der Waals surface area contributed by atoms with E-state index in [0.717, 1.165) is 44.5 Å². The molecule has 0 amide bonds. The average molecular weight is 249 g/mol. The first-order valence-corrected chi connectivity index (χ1v) is 6.31. The molecule has 0 bridgehead atoms. The van der Waals surface area contributed by atoms with Crippen molar-refractivity contribution < 1.29 is 4.79 Å². The Morgan fingerprint density at radius 1 is 1.11 bits per heavy atom. The molecule has 2 aliphatic carbocycles. The van der Waals surface area contributed by atoms with Crippen LogP contribution in [-0.2, 0) is 11.2 Å². The molecule has 0 N–H and O–H groups in total. The molecule has 0 saturated heterocycles. The minimum Gasteiger partial charge on any atom is -0.294 e. The van der Waals surface area contributed by atoms with Crippen LogP contribution in [0.2, 0.25) is 0 Å². The summed E-state index contributed by atoms with van der Waals surface area (Å²) < 4.78 is 0. The van der Waals surface area contributed by atoms with Crippen LogP contribution in [0.3, 0.4) is 0 Å². The van der Waals surface area contributed by atoms with Crippen molar-refractivity contribution >= 4 is 24.0 Å². The second-order valence-electron chi connectivity index (χ2n) is 4.90. The molecule has 2 aliphatic heterocycles. The van der Waals surface area contributed by atoms with Crippen LogP contribution in [0.15, 0.2) is 6.08 Å². The van der Waals surface area contributed by atoms with Crippen molar-refractivity contribution in [3.8, 4) is 0 Å². The zero-order valence-electron chi connectivity index (χ0n) is 10.5. The van der Waals surface area contributed by atoms with E-state index in [0.29, 0.717) is 6.42 Å².